The summed E-state index contributed by atoms with van der Waals surface area (Å²) in [5.74, 6) is -2.24. The molecule has 0 bridgehead atoms. The first-order valence-corrected chi connectivity index (χ1v) is 6.52. The second-order valence-electron chi connectivity index (χ2n) is 4.04. The van der Waals surface area contributed by atoms with Crippen LogP contribution in [0.25, 0.3) is 0 Å². The molecule has 0 unspecified atom stereocenters. The summed E-state index contributed by atoms with van der Waals surface area (Å²) in [4.78, 5) is 22.2. The Morgan fingerprint density at radius 3 is 2.44 bits per heavy atom. The van der Waals surface area contributed by atoms with Gasteiger partial charge < -0.3 is 10.2 Å². The third-order valence-corrected chi connectivity index (χ3v) is 4.13. The van der Waals surface area contributed by atoms with Crippen molar-refractivity contribution in [2.75, 3.05) is 5.75 Å². The van der Waals surface area contributed by atoms with Crippen LogP contribution in [0.2, 0.25) is 0 Å². The zero-order valence-corrected chi connectivity index (χ0v) is 10.3. The van der Waals surface area contributed by atoms with Crippen LogP contribution in [0, 0.1) is 0 Å². The molecule has 3 N–H and O–H groups in total. The molecule has 0 radical (unpaired) electrons. The molecule has 0 saturated carbocycles. The predicted octanol–water partition coefficient (Wildman–Crippen LogP) is 0.971. The normalized spacial score (nSPS) is 24.7. The Hall–Kier alpha value is -1.53. The molecule has 0 spiro atoms. The van der Waals surface area contributed by atoms with Gasteiger partial charge in [0, 0.05) is 5.75 Å². The number of rotatable bonds is 4. The number of carbonyl (C=O) groups is 2. The maximum absolute atomic E-state index is 11.4. The first-order valence-electron chi connectivity index (χ1n) is 5.48. The van der Waals surface area contributed by atoms with Crippen molar-refractivity contribution in [1.82, 2.24) is 5.32 Å². The van der Waals surface area contributed by atoms with E-state index < -0.39 is 29.3 Å². The molecule has 0 amide bonds. The second-order valence-corrected chi connectivity index (χ2v) is 5.21. The number of nitrogens with one attached hydrogen (secondary N) is 1. The van der Waals surface area contributed by atoms with E-state index in [0.717, 1.165) is 0 Å². The first kappa shape index (κ1) is 12.9. The smallest absolute Gasteiger partial charge is 0.321 e. The second kappa shape index (κ2) is 5.41. The third kappa shape index (κ3) is 2.65. The third-order valence-electron chi connectivity index (χ3n) is 2.83. The molecule has 0 aromatic heterocycles. The molecular formula is C12H13NO4S. The Kier molecular flexibility index (Phi) is 3.88. The van der Waals surface area contributed by atoms with Gasteiger partial charge in [-0.2, -0.15) is 0 Å². The lowest BCUT2D eigenvalue weighted by molar-refractivity contribution is -0.141. The van der Waals surface area contributed by atoms with Crippen molar-refractivity contribution in [2.24, 2.45) is 0 Å². The van der Waals surface area contributed by atoms with Crippen LogP contribution in [-0.2, 0) is 9.59 Å². The number of carboxylic acids is 2. The highest BCUT2D eigenvalue weighted by atomic mass is 32.2. The standard InChI is InChI=1S/C12H13NO4S/c14-11(15)8-6-18-10(13-8)9(12(16)17)7-4-2-1-3-5-7/h1-5,8-10,13H,6H2,(H,14,15)(H,16,17)/t8-,9+,10+/m0/s1. The molecule has 18 heavy (non-hydrogen) atoms. The summed E-state index contributed by atoms with van der Waals surface area (Å²) in [6, 6.07) is 8.19. The molecule has 1 aromatic rings. The number of thioether (sulfide) groups is 1. The van der Waals surface area contributed by atoms with Crippen LogP contribution in [-0.4, -0.2) is 39.3 Å². The van der Waals surface area contributed by atoms with E-state index in [1.165, 1.54) is 11.8 Å². The lowest BCUT2D eigenvalue weighted by Gasteiger charge is -2.19. The maximum Gasteiger partial charge on any atom is 0.321 e. The van der Waals surface area contributed by atoms with Crippen molar-refractivity contribution in [3.63, 3.8) is 0 Å². The van der Waals surface area contributed by atoms with Gasteiger partial charge >= 0.3 is 11.9 Å². The molecule has 3 atom stereocenters. The summed E-state index contributed by atoms with van der Waals surface area (Å²) in [6.45, 7) is 0. The number of aliphatic carboxylic acids is 2. The number of hydrogen-bond donors (Lipinski definition) is 3. The summed E-state index contributed by atoms with van der Waals surface area (Å²) >= 11 is 1.34. The van der Waals surface area contributed by atoms with Crippen molar-refractivity contribution in [3.05, 3.63) is 35.9 Å². The number of hydrogen-bond acceptors (Lipinski definition) is 4. The molecule has 1 saturated heterocycles. The van der Waals surface area contributed by atoms with Crippen LogP contribution in [0.5, 0.6) is 0 Å². The largest absolute Gasteiger partial charge is 0.481 e. The van der Waals surface area contributed by atoms with Gasteiger partial charge in [0.2, 0.25) is 0 Å². The Morgan fingerprint density at radius 1 is 1.28 bits per heavy atom. The minimum absolute atomic E-state index is 0.386. The maximum atomic E-state index is 11.4. The van der Waals surface area contributed by atoms with Crippen LogP contribution in [0.15, 0.2) is 30.3 Å². The predicted molar refractivity (Wildman–Crippen MR) is 67.6 cm³/mol. The minimum atomic E-state index is -0.947. The van der Waals surface area contributed by atoms with Crippen molar-refractivity contribution < 1.29 is 19.8 Å². The molecule has 6 heteroatoms. The van der Waals surface area contributed by atoms with Crippen molar-refractivity contribution >= 4 is 23.7 Å². The summed E-state index contributed by atoms with van der Waals surface area (Å²) in [7, 11) is 0. The molecule has 1 aliphatic rings. The summed E-state index contributed by atoms with van der Waals surface area (Å²) < 4.78 is 0. The molecule has 5 nitrogen and oxygen atoms in total. The fourth-order valence-corrected chi connectivity index (χ4v) is 3.30. The molecular weight excluding hydrogens is 254 g/mol. The van der Waals surface area contributed by atoms with Gasteiger partial charge in [-0.15, -0.1) is 11.8 Å². The zero-order chi connectivity index (χ0) is 13.1. The summed E-state index contributed by atoms with van der Waals surface area (Å²) in [5.41, 5.74) is 0.682. The number of benzene rings is 1. The Morgan fingerprint density at radius 2 is 1.94 bits per heavy atom. The first-order chi connectivity index (χ1) is 8.59. The van der Waals surface area contributed by atoms with Crippen LogP contribution in [0.1, 0.15) is 11.5 Å². The highest BCUT2D eigenvalue weighted by molar-refractivity contribution is 8.00. The molecule has 1 aromatic carbocycles. The number of carboxylic acid groups (broad SMARTS) is 2. The van der Waals surface area contributed by atoms with E-state index in [-0.39, 0.29) is 0 Å². The van der Waals surface area contributed by atoms with Gasteiger partial charge in [0.05, 0.1) is 5.37 Å². The lowest BCUT2D eigenvalue weighted by Crippen LogP contribution is -2.40. The van der Waals surface area contributed by atoms with E-state index in [0.29, 0.717) is 11.3 Å². The van der Waals surface area contributed by atoms with Gasteiger partial charge in [-0.25, -0.2) is 0 Å². The summed E-state index contributed by atoms with van der Waals surface area (Å²) in [6.07, 6.45) is 0. The topological polar surface area (TPSA) is 86.6 Å². The molecule has 1 aliphatic heterocycles. The fourth-order valence-electron chi connectivity index (χ4n) is 1.94. The van der Waals surface area contributed by atoms with E-state index in [1.807, 2.05) is 6.07 Å². The Balaban J connectivity index is 2.18. The van der Waals surface area contributed by atoms with Crippen LogP contribution in [0.3, 0.4) is 0 Å². The molecule has 96 valence electrons. The Labute approximate surface area is 108 Å². The quantitative estimate of drug-likeness (QED) is 0.753. The monoisotopic (exact) mass is 267 g/mol. The molecule has 1 fully saturated rings. The van der Waals surface area contributed by atoms with Crippen molar-refractivity contribution in [3.8, 4) is 0 Å². The molecule has 2 rings (SSSR count). The average molecular weight is 267 g/mol. The van der Waals surface area contributed by atoms with Crippen LogP contribution in [0.4, 0.5) is 0 Å². The average Bonchev–Trinajstić information content (AvgIpc) is 2.79. The van der Waals surface area contributed by atoms with Crippen molar-refractivity contribution in [1.29, 1.82) is 0 Å². The van der Waals surface area contributed by atoms with E-state index in [2.05, 4.69) is 5.32 Å². The van der Waals surface area contributed by atoms with Crippen LogP contribution >= 0.6 is 11.8 Å². The van der Waals surface area contributed by atoms with Crippen molar-refractivity contribution in [2.45, 2.75) is 17.3 Å². The van der Waals surface area contributed by atoms with Gasteiger partial charge in [-0.1, -0.05) is 30.3 Å². The summed E-state index contributed by atoms with van der Waals surface area (Å²) in [5, 5.41) is 20.7. The van der Waals surface area contributed by atoms with Gasteiger partial charge in [-0.05, 0) is 5.56 Å². The van der Waals surface area contributed by atoms with E-state index >= 15 is 0 Å². The van der Waals surface area contributed by atoms with Gasteiger partial charge in [0.15, 0.2) is 0 Å². The van der Waals surface area contributed by atoms with E-state index in [1.54, 1.807) is 24.3 Å². The highest BCUT2D eigenvalue weighted by Crippen LogP contribution is 2.32. The van der Waals surface area contributed by atoms with Crippen LogP contribution < -0.4 is 5.32 Å². The lowest BCUT2D eigenvalue weighted by atomic mass is 9.99. The van der Waals surface area contributed by atoms with E-state index in [4.69, 9.17) is 5.11 Å². The zero-order valence-electron chi connectivity index (χ0n) is 9.45. The fraction of sp³-hybridized carbons (Fsp3) is 0.333. The molecule has 1 heterocycles. The SMILES string of the molecule is O=C(O)[C@@H]1CS[C@H]([C@H](C(=O)O)c2ccccc2)N1. The Bertz CT molecular complexity index is 451. The van der Waals surface area contributed by atoms with Gasteiger partial charge in [-0.3, -0.25) is 14.9 Å². The molecule has 0 aliphatic carbocycles. The van der Waals surface area contributed by atoms with Gasteiger partial charge in [0.25, 0.3) is 0 Å². The van der Waals surface area contributed by atoms with Gasteiger partial charge in [0.1, 0.15) is 12.0 Å². The highest BCUT2D eigenvalue weighted by Gasteiger charge is 2.38. The minimum Gasteiger partial charge on any atom is -0.481 e. The van der Waals surface area contributed by atoms with E-state index in [9.17, 15) is 14.7 Å².